The van der Waals surface area contributed by atoms with Crippen molar-refractivity contribution in [2.45, 2.75) is 191 Å². The monoisotopic (exact) mass is 1040 g/mol. The fourth-order valence-electron chi connectivity index (χ4n) is 8.88. The number of amides is 5. The predicted octanol–water partition coefficient (Wildman–Crippen LogP) is 1.32. The summed E-state index contributed by atoms with van der Waals surface area (Å²) in [5, 5.41) is 73.2. The number of fused-ring (bicyclic) bond motifs is 1. The Balaban J connectivity index is 1.40. The molecule has 14 unspecified atom stereocenters. The molecule has 2 heterocycles. The molecule has 10 N–H and O–H groups in total. The number of non-ortho nitro benzene ring substituents is 1. The van der Waals surface area contributed by atoms with E-state index in [-0.39, 0.29) is 63.1 Å². The summed E-state index contributed by atoms with van der Waals surface area (Å²) in [4.78, 5) is 76.1. The van der Waals surface area contributed by atoms with Crippen molar-refractivity contribution >= 4 is 36.0 Å². The molecule has 0 aromatic heterocycles. The maximum absolute atomic E-state index is 13.7. The lowest BCUT2D eigenvalue weighted by atomic mass is 9.82. The molecule has 1 aromatic carbocycles. The second kappa shape index (κ2) is 24.0. The highest BCUT2D eigenvalue weighted by Gasteiger charge is 2.60. The van der Waals surface area contributed by atoms with E-state index in [0.29, 0.717) is 5.56 Å². The zero-order valence-corrected chi connectivity index (χ0v) is 43.2. The molecular weight excluding hydrogens is 967 g/mol. The van der Waals surface area contributed by atoms with Gasteiger partial charge in [-0.2, -0.15) is 0 Å². The van der Waals surface area contributed by atoms with Gasteiger partial charge in [0.1, 0.15) is 59.5 Å². The van der Waals surface area contributed by atoms with Gasteiger partial charge < -0.3 is 90.2 Å². The highest BCUT2D eigenvalue weighted by atomic mass is 16.7. The summed E-state index contributed by atoms with van der Waals surface area (Å²) >= 11 is 0. The van der Waals surface area contributed by atoms with E-state index in [4.69, 9.17) is 37.9 Å². The number of rotatable bonds is 17. The first-order valence-electron chi connectivity index (χ1n) is 24.3. The maximum atomic E-state index is 13.7. The van der Waals surface area contributed by atoms with Crippen LogP contribution in [0, 0.1) is 22.0 Å². The molecule has 0 spiro atoms. The SMILES string of the molecule is CNC1C(O)C(OC2C(NC(=O)C(O)CCNC(=O)OC(C)(C)C)CC(NC(=O)OC(C)(C)C)C(OC3O[C@H]4C(CNC(=O)OCc5ccc([N+](=O)[O-])cc5)C4CC3NC(=O)OC(C)(C)C)C2O)OCC1(C)O. The van der Waals surface area contributed by atoms with Crippen LogP contribution in [0.25, 0.3) is 0 Å². The van der Waals surface area contributed by atoms with Crippen molar-refractivity contribution in [2.24, 2.45) is 11.8 Å². The summed E-state index contributed by atoms with van der Waals surface area (Å²) in [7, 11) is 1.51. The van der Waals surface area contributed by atoms with Gasteiger partial charge in [0.25, 0.3) is 5.69 Å². The third-order valence-corrected chi connectivity index (χ3v) is 12.2. The van der Waals surface area contributed by atoms with Crippen LogP contribution in [0.2, 0.25) is 0 Å². The molecule has 2 saturated heterocycles. The molecule has 0 radical (unpaired) electrons. The van der Waals surface area contributed by atoms with Gasteiger partial charge in [-0.25, -0.2) is 19.2 Å². The standard InChI is InChI=1S/C47H75N7O19/c1-44(2,3)71-41(60)49-17-16-30(55)37(58)51-27-19-28(52-42(61)72-45(4,5)6)35(31(56)34(27)70-39-32(57)36(48-11)47(10,63)22-67-39)69-38-29(53-43(62)73-46(7,8)9)18-25-26(33(25)68-38)20-50-40(59)66-21-23-12-14-24(15-13-23)54(64)65/h12-15,25-36,38-39,48,55-57,63H,16-22H2,1-11H3,(H,49,60)(H,50,59)(H,51,58)(H,52,61)(H,53,62)/t25?,26?,27?,28?,29?,30?,31?,32?,33-,34?,35?,36?,38?,39?,47?/m1/s1. The number of carbonyl (C=O) groups excluding carboxylic acids is 5. The zero-order valence-electron chi connectivity index (χ0n) is 43.2. The third kappa shape index (κ3) is 17.2. The molecule has 4 aliphatic rings. The summed E-state index contributed by atoms with van der Waals surface area (Å²) in [5.41, 5.74) is -3.89. The lowest BCUT2D eigenvalue weighted by molar-refractivity contribution is -0.384. The lowest BCUT2D eigenvalue weighted by Crippen LogP contribution is -2.70. The van der Waals surface area contributed by atoms with Gasteiger partial charge in [-0.05, 0) is 119 Å². The minimum atomic E-state index is -1.85. The molecule has 412 valence electrons. The van der Waals surface area contributed by atoms with Gasteiger partial charge in [0.2, 0.25) is 5.91 Å². The van der Waals surface area contributed by atoms with E-state index in [0.717, 1.165) is 0 Å². The Bertz CT molecular complexity index is 2080. The number of aliphatic hydroxyl groups is 4. The van der Waals surface area contributed by atoms with Crippen LogP contribution >= 0.6 is 0 Å². The average molecular weight is 1040 g/mol. The van der Waals surface area contributed by atoms with Crippen LogP contribution in [0.1, 0.15) is 94.1 Å². The zero-order chi connectivity index (χ0) is 54.4. The summed E-state index contributed by atoms with van der Waals surface area (Å²) in [6.07, 6.45) is -15.3. The fourth-order valence-corrected chi connectivity index (χ4v) is 8.88. The number of nitrogens with zero attached hydrogens (tertiary/aromatic N) is 1. The van der Waals surface area contributed by atoms with E-state index in [9.17, 15) is 54.5 Å². The molecule has 5 rings (SSSR count). The Morgan fingerprint density at radius 1 is 0.781 bits per heavy atom. The van der Waals surface area contributed by atoms with Crippen molar-refractivity contribution in [2.75, 3.05) is 26.7 Å². The Hall–Kier alpha value is -5.19. The van der Waals surface area contributed by atoms with Gasteiger partial charge in [-0.15, -0.1) is 0 Å². The number of benzene rings is 1. The number of aliphatic hydroxyl groups excluding tert-OH is 3. The van der Waals surface area contributed by atoms with Crippen LogP contribution in [0.5, 0.6) is 0 Å². The second-order valence-electron chi connectivity index (χ2n) is 22.0. The van der Waals surface area contributed by atoms with E-state index < -0.39 is 131 Å². The Morgan fingerprint density at radius 2 is 1.33 bits per heavy atom. The lowest BCUT2D eigenvalue weighted by Gasteiger charge is -2.49. The number of hydrogen-bond donors (Lipinski definition) is 10. The highest BCUT2D eigenvalue weighted by molar-refractivity contribution is 5.81. The molecule has 15 atom stereocenters. The van der Waals surface area contributed by atoms with Crippen molar-refractivity contribution in [3.63, 3.8) is 0 Å². The molecule has 26 heteroatoms. The Morgan fingerprint density at radius 3 is 1.89 bits per heavy atom. The van der Waals surface area contributed by atoms with Crippen LogP contribution in [0.3, 0.4) is 0 Å². The Labute approximate surface area is 423 Å². The molecule has 2 aliphatic heterocycles. The number of nitrogens with one attached hydrogen (secondary N) is 6. The normalized spacial score (nSPS) is 31.6. The molecule has 5 amide bonds. The van der Waals surface area contributed by atoms with Crippen molar-refractivity contribution < 1.29 is 87.2 Å². The van der Waals surface area contributed by atoms with Crippen LogP contribution in [0.4, 0.5) is 24.9 Å². The maximum Gasteiger partial charge on any atom is 0.408 e. The number of hydrogen-bond acceptors (Lipinski definition) is 20. The second-order valence-corrected chi connectivity index (χ2v) is 22.0. The van der Waals surface area contributed by atoms with Crippen molar-refractivity contribution in [1.29, 1.82) is 0 Å². The summed E-state index contributed by atoms with van der Waals surface area (Å²) in [5.74, 6) is -1.51. The molecule has 26 nitrogen and oxygen atoms in total. The van der Waals surface area contributed by atoms with Gasteiger partial charge in [-0.1, -0.05) is 0 Å². The quantitative estimate of drug-likeness (QED) is 0.0597. The van der Waals surface area contributed by atoms with Crippen LogP contribution in [-0.2, 0) is 49.3 Å². The third-order valence-electron chi connectivity index (χ3n) is 12.2. The average Bonchev–Trinajstić information content (AvgIpc) is 3.93. The molecular formula is C47H75N7O19. The van der Waals surface area contributed by atoms with E-state index >= 15 is 0 Å². The largest absolute Gasteiger partial charge is 0.445 e. The first-order valence-corrected chi connectivity index (χ1v) is 24.3. The molecule has 73 heavy (non-hydrogen) atoms. The minimum Gasteiger partial charge on any atom is -0.445 e. The first kappa shape index (κ1) is 58.7. The van der Waals surface area contributed by atoms with Gasteiger partial charge in [-0.3, -0.25) is 14.9 Å². The first-order chi connectivity index (χ1) is 33.8. The number of likely N-dealkylation sites (N-methyl/N-ethyl adjacent to an activating group) is 1. The van der Waals surface area contributed by atoms with Crippen LogP contribution in [0.15, 0.2) is 24.3 Å². The predicted molar refractivity (Wildman–Crippen MR) is 254 cm³/mol. The molecule has 2 aliphatic carbocycles. The molecule has 4 fully saturated rings. The molecule has 2 saturated carbocycles. The fraction of sp³-hybridized carbons (Fsp3) is 0.766. The topological polar surface area (TPSA) is 355 Å². The van der Waals surface area contributed by atoms with Crippen molar-refractivity contribution in [1.82, 2.24) is 31.9 Å². The van der Waals surface area contributed by atoms with E-state index in [2.05, 4.69) is 31.9 Å². The Kier molecular flexibility index (Phi) is 19.3. The molecule has 0 bridgehead atoms. The van der Waals surface area contributed by atoms with Crippen LogP contribution in [-0.4, -0.2) is 178 Å². The summed E-state index contributed by atoms with van der Waals surface area (Å²) in [6, 6.07) is 1.02. The number of carbonyl (C=O) groups is 5. The van der Waals surface area contributed by atoms with E-state index in [1.807, 2.05) is 0 Å². The minimum absolute atomic E-state index is 0.0691. The van der Waals surface area contributed by atoms with Crippen molar-refractivity contribution in [3.05, 3.63) is 39.9 Å². The van der Waals surface area contributed by atoms with Gasteiger partial charge in [0.05, 0.1) is 41.8 Å². The number of alkyl carbamates (subject to hydrolysis) is 4. The van der Waals surface area contributed by atoms with Gasteiger partial charge in [0, 0.05) is 31.1 Å². The summed E-state index contributed by atoms with van der Waals surface area (Å²) in [6.45, 7) is 15.8. The highest BCUT2D eigenvalue weighted by Crippen LogP contribution is 2.50. The van der Waals surface area contributed by atoms with E-state index in [1.165, 1.54) is 38.2 Å². The van der Waals surface area contributed by atoms with Crippen molar-refractivity contribution in [3.8, 4) is 0 Å². The smallest absolute Gasteiger partial charge is 0.408 e. The van der Waals surface area contributed by atoms with Gasteiger partial charge >= 0.3 is 24.4 Å². The number of ether oxygens (including phenoxy) is 8. The number of nitro groups is 1. The van der Waals surface area contributed by atoms with E-state index in [1.54, 1.807) is 62.3 Å². The number of nitro benzene ring substituents is 1. The van der Waals surface area contributed by atoms with Crippen LogP contribution < -0.4 is 31.9 Å². The summed E-state index contributed by atoms with van der Waals surface area (Å²) < 4.78 is 46.9. The molecule has 1 aromatic rings. The van der Waals surface area contributed by atoms with Gasteiger partial charge in [0.15, 0.2) is 12.6 Å².